The maximum Gasteiger partial charge on any atom is 0.169 e. The van der Waals surface area contributed by atoms with Gasteiger partial charge in [0.2, 0.25) is 0 Å². The number of rotatable bonds is 2. The van der Waals surface area contributed by atoms with Crippen LogP contribution in [0.5, 0.6) is 0 Å². The fourth-order valence-electron chi connectivity index (χ4n) is 0.905. The summed E-state index contributed by atoms with van der Waals surface area (Å²) in [5.74, 6) is 0. The number of hydrogen-bond acceptors (Lipinski definition) is 3. The summed E-state index contributed by atoms with van der Waals surface area (Å²) in [6.07, 6.45) is 1.17. The lowest BCUT2D eigenvalue weighted by Crippen LogP contribution is -1.89. The van der Waals surface area contributed by atoms with Crippen LogP contribution in [0.25, 0.3) is 5.57 Å². The second kappa shape index (κ2) is 3.82. The van der Waals surface area contributed by atoms with Crippen molar-refractivity contribution in [1.29, 1.82) is 0 Å². The number of allylic oxidation sites excluding steroid dienone is 1. The van der Waals surface area contributed by atoms with Crippen molar-refractivity contribution in [3.05, 3.63) is 26.8 Å². The number of sulfone groups is 1. The lowest BCUT2D eigenvalue weighted by atomic mass is 10.3. The highest BCUT2D eigenvalue weighted by atomic mass is 35.5. The zero-order valence-corrected chi connectivity index (χ0v) is 9.63. The average Bonchev–Trinajstić information content (AvgIpc) is 2.31. The van der Waals surface area contributed by atoms with Gasteiger partial charge in [0.05, 0.1) is 4.34 Å². The van der Waals surface area contributed by atoms with Gasteiger partial charge in [-0.25, -0.2) is 8.42 Å². The Morgan fingerprint density at radius 2 is 2.15 bits per heavy atom. The van der Waals surface area contributed by atoms with Gasteiger partial charge in [-0.15, -0.1) is 11.3 Å². The fourth-order valence-corrected chi connectivity index (χ4v) is 2.76. The van der Waals surface area contributed by atoms with Gasteiger partial charge in [-0.2, -0.15) is 0 Å². The Hall–Kier alpha value is -0.320. The number of hydrogen-bond donors (Lipinski definition) is 0. The van der Waals surface area contributed by atoms with E-state index in [1.165, 1.54) is 23.0 Å². The Morgan fingerprint density at radius 3 is 2.54 bits per heavy atom. The van der Waals surface area contributed by atoms with E-state index in [0.29, 0.717) is 4.34 Å². The molecule has 0 atom stereocenters. The third-order valence-corrected chi connectivity index (χ3v) is 3.50. The van der Waals surface area contributed by atoms with Gasteiger partial charge in [0.15, 0.2) is 9.84 Å². The highest BCUT2D eigenvalue weighted by molar-refractivity contribution is 7.93. The summed E-state index contributed by atoms with van der Waals surface area (Å²) in [7, 11) is -3.06. The van der Waals surface area contributed by atoms with Crippen molar-refractivity contribution in [3.63, 3.8) is 0 Å². The van der Waals surface area contributed by atoms with Crippen LogP contribution in [0, 0.1) is 0 Å². The SMILES string of the molecule is C/C(=C\S(C)(=O)=O)c1ccc(Cl)s1. The molecule has 5 heteroatoms. The van der Waals surface area contributed by atoms with Crippen molar-refractivity contribution >= 4 is 38.3 Å². The molecule has 1 heterocycles. The quantitative estimate of drug-likeness (QED) is 0.791. The third-order valence-electron chi connectivity index (χ3n) is 1.35. The van der Waals surface area contributed by atoms with Crippen LogP contribution in [0.4, 0.5) is 0 Å². The number of halogens is 1. The lowest BCUT2D eigenvalue weighted by Gasteiger charge is -1.94. The second-order valence-corrected chi connectivity index (χ2v) is 6.34. The Morgan fingerprint density at radius 1 is 1.54 bits per heavy atom. The van der Waals surface area contributed by atoms with Crippen LogP contribution in [0.1, 0.15) is 11.8 Å². The van der Waals surface area contributed by atoms with E-state index >= 15 is 0 Å². The zero-order chi connectivity index (χ0) is 10.1. The molecule has 0 spiro atoms. The van der Waals surface area contributed by atoms with E-state index in [2.05, 4.69) is 0 Å². The summed E-state index contributed by atoms with van der Waals surface area (Å²) in [5.41, 5.74) is 0.722. The topological polar surface area (TPSA) is 34.1 Å². The first kappa shape index (κ1) is 10.8. The molecule has 72 valence electrons. The van der Waals surface area contributed by atoms with Gasteiger partial charge in [0.25, 0.3) is 0 Å². The van der Waals surface area contributed by atoms with E-state index in [0.717, 1.165) is 10.5 Å². The molecule has 1 rings (SSSR count). The Balaban J connectivity index is 3.05. The van der Waals surface area contributed by atoms with Crippen LogP contribution >= 0.6 is 22.9 Å². The molecular formula is C8H9ClO2S2. The molecular weight excluding hydrogens is 228 g/mol. The average molecular weight is 237 g/mol. The molecule has 0 aliphatic carbocycles. The first-order chi connectivity index (χ1) is 5.88. The zero-order valence-electron chi connectivity index (χ0n) is 7.24. The highest BCUT2D eigenvalue weighted by Crippen LogP contribution is 2.27. The smallest absolute Gasteiger partial charge is 0.169 e. The van der Waals surface area contributed by atoms with E-state index in [1.807, 2.05) is 6.07 Å². The molecule has 0 amide bonds. The summed E-state index contributed by atoms with van der Waals surface area (Å²) in [4.78, 5) is 0.885. The normalized spacial score (nSPS) is 13.3. The van der Waals surface area contributed by atoms with E-state index in [-0.39, 0.29) is 0 Å². The molecule has 13 heavy (non-hydrogen) atoms. The van der Waals surface area contributed by atoms with Gasteiger partial charge in [0, 0.05) is 16.5 Å². The summed E-state index contributed by atoms with van der Waals surface area (Å²) in [6.45, 7) is 1.75. The predicted octanol–water partition coefficient (Wildman–Crippen LogP) is 2.81. The minimum Gasteiger partial charge on any atom is -0.225 e. The molecule has 1 aromatic rings. The molecule has 0 saturated carbocycles. The first-order valence-electron chi connectivity index (χ1n) is 3.52. The fraction of sp³-hybridized carbons (Fsp3) is 0.250. The lowest BCUT2D eigenvalue weighted by molar-refractivity contribution is 0.610. The van der Waals surface area contributed by atoms with Crippen LogP contribution in [0.3, 0.4) is 0 Å². The summed E-state index contributed by atoms with van der Waals surface area (Å²) in [5, 5.41) is 1.25. The van der Waals surface area contributed by atoms with Crippen molar-refractivity contribution in [2.24, 2.45) is 0 Å². The summed E-state index contributed by atoms with van der Waals surface area (Å²) < 4.78 is 22.5. The predicted molar refractivity (Wildman–Crippen MR) is 57.8 cm³/mol. The molecule has 0 radical (unpaired) electrons. The molecule has 1 aromatic heterocycles. The second-order valence-electron chi connectivity index (χ2n) is 2.73. The minimum absolute atomic E-state index is 0.663. The largest absolute Gasteiger partial charge is 0.225 e. The van der Waals surface area contributed by atoms with Gasteiger partial charge < -0.3 is 0 Å². The van der Waals surface area contributed by atoms with Gasteiger partial charge in [-0.1, -0.05) is 11.6 Å². The van der Waals surface area contributed by atoms with Crippen LogP contribution < -0.4 is 0 Å². The molecule has 0 fully saturated rings. The molecule has 0 N–H and O–H groups in total. The van der Waals surface area contributed by atoms with Gasteiger partial charge in [-0.05, 0) is 24.6 Å². The first-order valence-corrected chi connectivity index (χ1v) is 6.67. The van der Waals surface area contributed by atoms with Crippen LogP contribution in [-0.4, -0.2) is 14.7 Å². The van der Waals surface area contributed by atoms with Gasteiger partial charge in [0.1, 0.15) is 0 Å². The third kappa shape index (κ3) is 3.50. The van der Waals surface area contributed by atoms with Crippen molar-refractivity contribution in [2.45, 2.75) is 6.92 Å². The maximum atomic E-state index is 10.9. The standard InChI is InChI=1S/C8H9ClO2S2/c1-6(5-13(2,10)11)7-3-4-8(9)12-7/h3-5H,1-2H3/b6-5+. The Labute approximate surface area is 86.8 Å². The van der Waals surface area contributed by atoms with Crippen molar-refractivity contribution < 1.29 is 8.42 Å². The van der Waals surface area contributed by atoms with Gasteiger partial charge in [-0.3, -0.25) is 0 Å². The van der Waals surface area contributed by atoms with E-state index < -0.39 is 9.84 Å². The van der Waals surface area contributed by atoms with Crippen molar-refractivity contribution in [1.82, 2.24) is 0 Å². The minimum atomic E-state index is -3.06. The molecule has 2 nitrogen and oxygen atoms in total. The van der Waals surface area contributed by atoms with Crippen LogP contribution in [-0.2, 0) is 9.84 Å². The van der Waals surface area contributed by atoms with Crippen LogP contribution in [0.15, 0.2) is 17.5 Å². The molecule has 0 saturated heterocycles. The van der Waals surface area contributed by atoms with Crippen LogP contribution in [0.2, 0.25) is 4.34 Å². The van der Waals surface area contributed by atoms with Crippen molar-refractivity contribution in [2.75, 3.05) is 6.26 Å². The Bertz CT molecular complexity index is 429. The summed E-state index contributed by atoms with van der Waals surface area (Å²) in [6, 6.07) is 3.56. The van der Waals surface area contributed by atoms with E-state index in [1.54, 1.807) is 13.0 Å². The molecule has 0 unspecified atom stereocenters. The van der Waals surface area contributed by atoms with Gasteiger partial charge >= 0.3 is 0 Å². The molecule has 0 aliphatic heterocycles. The molecule has 0 aromatic carbocycles. The molecule has 0 bridgehead atoms. The number of thiophene rings is 1. The molecule has 0 aliphatic rings. The highest BCUT2D eigenvalue weighted by Gasteiger charge is 2.03. The Kier molecular flexibility index (Phi) is 3.16. The van der Waals surface area contributed by atoms with Crippen molar-refractivity contribution in [3.8, 4) is 0 Å². The van der Waals surface area contributed by atoms with E-state index in [4.69, 9.17) is 11.6 Å². The monoisotopic (exact) mass is 236 g/mol. The van der Waals surface area contributed by atoms with E-state index in [9.17, 15) is 8.42 Å². The maximum absolute atomic E-state index is 10.9. The summed E-state index contributed by atoms with van der Waals surface area (Å²) >= 11 is 7.09.